The largest absolute Gasteiger partial charge is 0.497 e. The van der Waals surface area contributed by atoms with Gasteiger partial charge in [0, 0.05) is 0 Å². The number of esters is 1. The van der Waals surface area contributed by atoms with E-state index in [-0.39, 0.29) is 0 Å². The maximum absolute atomic E-state index is 12.3. The lowest BCUT2D eigenvalue weighted by Crippen LogP contribution is -2.42. The maximum Gasteiger partial charge on any atom is 0.313 e. The zero-order valence-electron chi connectivity index (χ0n) is 15.3. The van der Waals surface area contributed by atoms with Gasteiger partial charge in [-0.05, 0) is 42.3 Å². The van der Waals surface area contributed by atoms with Gasteiger partial charge in [-0.1, -0.05) is 24.3 Å². The summed E-state index contributed by atoms with van der Waals surface area (Å²) in [6, 6.07) is 10.8. The van der Waals surface area contributed by atoms with Crippen LogP contribution in [0.25, 0.3) is 10.8 Å². The molecule has 2 aromatic rings. The molecule has 150 valence electrons. The van der Waals surface area contributed by atoms with Gasteiger partial charge in [0.15, 0.2) is 0 Å². The van der Waals surface area contributed by atoms with E-state index in [1.165, 1.54) is 0 Å². The Morgan fingerprint density at radius 3 is 2.21 bits per heavy atom. The maximum atomic E-state index is 12.3. The number of methoxy groups -OCH3 is 1. The molecule has 0 aliphatic carbocycles. The predicted octanol–water partition coefficient (Wildman–Crippen LogP) is 2.63. The number of carbonyl (C=O) groups excluding carboxylic acids is 1. The molecule has 2 rings (SSSR count). The van der Waals surface area contributed by atoms with Crippen molar-refractivity contribution < 1.29 is 34.1 Å². The SMILES string of the molecule is COc1ccc2cc([C@H](C)C(=O)OCC(C)(O[N+](=O)[O-])O[N+](=O)[O-])ccc2c1. The van der Waals surface area contributed by atoms with Crippen LogP contribution in [0, 0.1) is 20.2 Å². The molecule has 0 spiro atoms. The molecule has 0 aliphatic heterocycles. The van der Waals surface area contributed by atoms with E-state index in [4.69, 9.17) is 9.47 Å². The molecular formula is C17H18N2O9. The van der Waals surface area contributed by atoms with Crippen molar-refractivity contribution in [3.63, 3.8) is 0 Å². The summed E-state index contributed by atoms with van der Waals surface area (Å²) in [6.07, 6.45) is 0. The lowest BCUT2D eigenvalue weighted by atomic mass is 9.98. The number of benzene rings is 2. The number of carbonyl (C=O) groups is 1. The first-order valence-electron chi connectivity index (χ1n) is 8.05. The monoisotopic (exact) mass is 394 g/mol. The predicted molar refractivity (Wildman–Crippen MR) is 94.4 cm³/mol. The second kappa shape index (κ2) is 8.37. The molecule has 0 amide bonds. The molecule has 0 aromatic heterocycles. The van der Waals surface area contributed by atoms with Crippen molar-refractivity contribution in [1.29, 1.82) is 0 Å². The Morgan fingerprint density at radius 2 is 1.64 bits per heavy atom. The van der Waals surface area contributed by atoms with Crippen molar-refractivity contribution >= 4 is 16.7 Å². The van der Waals surface area contributed by atoms with Crippen LogP contribution in [0.5, 0.6) is 5.75 Å². The molecule has 2 aromatic carbocycles. The number of hydrogen-bond donors (Lipinski definition) is 0. The highest BCUT2D eigenvalue weighted by Crippen LogP contribution is 2.26. The Hall–Kier alpha value is -3.63. The van der Waals surface area contributed by atoms with E-state index < -0.39 is 34.5 Å². The van der Waals surface area contributed by atoms with Gasteiger partial charge in [-0.3, -0.25) is 14.5 Å². The van der Waals surface area contributed by atoms with Crippen LogP contribution in [0.4, 0.5) is 0 Å². The van der Waals surface area contributed by atoms with Crippen LogP contribution in [-0.2, 0) is 19.2 Å². The lowest BCUT2D eigenvalue weighted by Gasteiger charge is -2.24. The fourth-order valence-corrected chi connectivity index (χ4v) is 2.49. The van der Waals surface area contributed by atoms with Gasteiger partial charge in [-0.2, -0.15) is 0 Å². The van der Waals surface area contributed by atoms with Crippen molar-refractivity contribution in [2.75, 3.05) is 13.7 Å². The topological polar surface area (TPSA) is 140 Å². The fraction of sp³-hybridized carbons (Fsp3) is 0.353. The van der Waals surface area contributed by atoms with E-state index in [9.17, 15) is 25.0 Å². The Morgan fingerprint density at radius 1 is 1.07 bits per heavy atom. The molecular weight excluding hydrogens is 376 g/mol. The van der Waals surface area contributed by atoms with Crippen LogP contribution in [0.15, 0.2) is 36.4 Å². The molecule has 0 saturated heterocycles. The van der Waals surface area contributed by atoms with E-state index in [2.05, 4.69) is 9.68 Å². The Labute approximate surface area is 158 Å². The van der Waals surface area contributed by atoms with Crippen LogP contribution in [-0.4, -0.2) is 35.6 Å². The number of fused-ring (bicyclic) bond motifs is 1. The Kier molecular flexibility index (Phi) is 6.18. The van der Waals surface area contributed by atoms with Crippen molar-refractivity contribution in [1.82, 2.24) is 0 Å². The molecule has 0 heterocycles. The lowest BCUT2D eigenvalue weighted by molar-refractivity contribution is -0.871. The summed E-state index contributed by atoms with van der Waals surface area (Å²) in [5.41, 5.74) is 0.634. The average Bonchev–Trinajstić information content (AvgIpc) is 2.63. The second-order valence-electron chi connectivity index (χ2n) is 6.07. The van der Waals surface area contributed by atoms with Crippen molar-refractivity contribution in [3.05, 3.63) is 62.2 Å². The van der Waals surface area contributed by atoms with Crippen LogP contribution >= 0.6 is 0 Å². The minimum absolute atomic E-state index is 0.634. The smallest absolute Gasteiger partial charge is 0.313 e. The zero-order valence-corrected chi connectivity index (χ0v) is 15.3. The minimum Gasteiger partial charge on any atom is -0.497 e. The molecule has 11 nitrogen and oxygen atoms in total. The van der Waals surface area contributed by atoms with Crippen molar-refractivity contribution in [3.8, 4) is 5.75 Å². The number of rotatable bonds is 9. The third-order valence-electron chi connectivity index (χ3n) is 3.94. The van der Waals surface area contributed by atoms with Crippen molar-refractivity contribution in [2.45, 2.75) is 25.6 Å². The molecule has 11 heteroatoms. The van der Waals surface area contributed by atoms with E-state index in [1.807, 2.05) is 18.2 Å². The third kappa shape index (κ3) is 5.19. The van der Waals surface area contributed by atoms with Crippen molar-refractivity contribution in [2.24, 2.45) is 0 Å². The number of nitrogens with zero attached hydrogens (tertiary/aromatic N) is 2. The normalized spacial score (nSPS) is 12.1. The summed E-state index contributed by atoms with van der Waals surface area (Å²) >= 11 is 0. The average molecular weight is 394 g/mol. The van der Waals surface area contributed by atoms with E-state index in [0.29, 0.717) is 11.3 Å². The Bertz CT molecular complexity index is 883. The van der Waals surface area contributed by atoms with Gasteiger partial charge in [-0.25, -0.2) is 0 Å². The molecule has 0 fully saturated rings. The number of hydrogen-bond acceptors (Lipinski definition) is 9. The highest BCUT2D eigenvalue weighted by Gasteiger charge is 2.36. The van der Waals surface area contributed by atoms with E-state index in [1.54, 1.807) is 32.2 Å². The molecule has 0 saturated carbocycles. The van der Waals surface area contributed by atoms with Crippen LogP contribution in [0.2, 0.25) is 0 Å². The molecule has 0 radical (unpaired) electrons. The summed E-state index contributed by atoms with van der Waals surface area (Å²) < 4.78 is 10.1. The third-order valence-corrected chi connectivity index (χ3v) is 3.94. The van der Waals surface area contributed by atoms with Gasteiger partial charge in [0.2, 0.25) is 0 Å². The summed E-state index contributed by atoms with van der Waals surface area (Å²) in [6.45, 7) is 1.65. The molecule has 0 aliphatic rings. The first-order chi connectivity index (χ1) is 13.1. The zero-order chi connectivity index (χ0) is 20.9. The highest BCUT2D eigenvalue weighted by atomic mass is 17.1. The second-order valence-corrected chi connectivity index (χ2v) is 6.07. The van der Waals surface area contributed by atoms with Gasteiger partial charge in [0.05, 0.1) is 13.0 Å². The van der Waals surface area contributed by atoms with Crippen LogP contribution in [0.3, 0.4) is 0 Å². The van der Waals surface area contributed by atoms with E-state index >= 15 is 0 Å². The summed E-state index contributed by atoms with van der Waals surface area (Å²) in [5, 5.41) is 20.2. The minimum atomic E-state index is -2.37. The standard InChI is InChI=1S/C17H18N2O9/c1-11(12-4-5-14-9-15(25-3)7-6-13(14)8-12)16(20)26-10-17(2,27-18(21)22)28-19(23)24/h4-9,11H,10H2,1-3H3/t11-/m0/s1. The Balaban J connectivity index is 2.11. The van der Waals surface area contributed by atoms with E-state index in [0.717, 1.165) is 17.7 Å². The quantitative estimate of drug-likeness (QED) is 0.271. The van der Waals surface area contributed by atoms with Crippen LogP contribution < -0.4 is 4.74 Å². The number of ether oxygens (including phenoxy) is 2. The van der Waals surface area contributed by atoms with Gasteiger partial charge in [-0.15, -0.1) is 20.2 Å². The van der Waals surface area contributed by atoms with Gasteiger partial charge >= 0.3 is 5.97 Å². The fourth-order valence-electron chi connectivity index (χ4n) is 2.49. The molecule has 0 N–H and O–H groups in total. The summed E-state index contributed by atoms with van der Waals surface area (Å²) in [7, 11) is 1.56. The first kappa shape index (κ1) is 20.7. The molecule has 1 atom stereocenters. The van der Waals surface area contributed by atoms with Gasteiger partial charge in [0.25, 0.3) is 16.0 Å². The summed E-state index contributed by atoms with van der Waals surface area (Å²) in [5.74, 6) is -3.16. The molecule has 28 heavy (non-hydrogen) atoms. The molecule has 0 bridgehead atoms. The van der Waals surface area contributed by atoms with Gasteiger partial charge < -0.3 is 9.47 Å². The molecule has 0 unspecified atom stereocenters. The van der Waals surface area contributed by atoms with Gasteiger partial charge in [0.1, 0.15) is 12.4 Å². The first-order valence-corrected chi connectivity index (χ1v) is 8.05. The summed E-state index contributed by atoms with van der Waals surface area (Å²) in [4.78, 5) is 41.6. The van der Waals surface area contributed by atoms with Crippen LogP contribution in [0.1, 0.15) is 25.3 Å². The highest BCUT2D eigenvalue weighted by molar-refractivity contribution is 5.86.